The molecule has 2 N–H and O–H groups in total. The third-order valence-electron chi connectivity index (χ3n) is 4.87. The molecular formula is C20H31N3OS. The minimum atomic E-state index is 0.227. The Morgan fingerprint density at radius 1 is 1.24 bits per heavy atom. The molecule has 1 fully saturated rings. The van der Waals surface area contributed by atoms with Gasteiger partial charge in [0.15, 0.2) is 5.11 Å². The predicted octanol–water partition coefficient (Wildman–Crippen LogP) is 3.99. The predicted molar refractivity (Wildman–Crippen MR) is 109 cm³/mol. The fraction of sp³-hybridized carbons (Fsp3) is 0.600. The van der Waals surface area contributed by atoms with Gasteiger partial charge in [-0.1, -0.05) is 45.2 Å². The van der Waals surface area contributed by atoms with Crippen LogP contribution in [0.1, 0.15) is 57.9 Å². The molecule has 0 aromatic heterocycles. The molecule has 0 saturated carbocycles. The lowest BCUT2D eigenvalue weighted by atomic mass is 9.99. The lowest BCUT2D eigenvalue weighted by molar-refractivity contribution is -0.117. The number of hydrogen-bond donors (Lipinski definition) is 2. The van der Waals surface area contributed by atoms with E-state index in [0.717, 1.165) is 30.8 Å². The maximum atomic E-state index is 11.8. The van der Waals surface area contributed by atoms with Gasteiger partial charge in [-0.3, -0.25) is 4.79 Å². The van der Waals surface area contributed by atoms with E-state index < -0.39 is 0 Å². The summed E-state index contributed by atoms with van der Waals surface area (Å²) in [5.41, 5.74) is 2.16. The largest absolute Gasteiger partial charge is 0.362 e. The first-order valence-corrected chi connectivity index (χ1v) is 9.95. The summed E-state index contributed by atoms with van der Waals surface area (Å²) in [6.45, 7) is 6.95. The molecule has 4 nitrogen and oxygen atoms in total. The molecule has 1 aromatic carbocycles. The van der Waals surface area contributed by atoms with Crippen LogP contribution in [0, 0.1) is 5.92 Å². The van der Waals surface area contributed by atoms with Gasteiger partial charge >= 0.3 is 0 Å². The van der Waals surface area contributed by atoms with Gasteiger partial charge in [-0.15, -0.1) is 0 Å². The maximum Gasteiger partial charge on any atom is 0.227 e. The van der Waals surface area contributed by atoms with Crippen molar-refractivity contribution in [2.45, 2.75) is 58.9 Å². The molecule has 0 aliphatic carbocycles. The van der Waals surface area contributed by atoms with Crippen molar-refractivity contribution in [1.29, 1.82) is 0 Å². The van der Waals surface area contributed by atoms with Crippen molar-refractivity contribution in [1.82, 2.24) is 10.6 Å². The normalized spacial score (nSPS) is 15.3. The summed E-state index contributed by atoms with van der Waals surface area (Å²) in [7, 11) is 0. The lowest BCUT2D eigenvalue weighted by Crippen LogP contribution is -2.37. The Kier molecular flexibility index (Phi) is 8.19. The Balaban J connectivity index is 1.73. The second-order valence-electron chi connectivity index (χ2n) is 6.80. The van der Waals surface area contributed by atoms with Gasteiger partial charge in [-0.25, -0.2) is 0 Å². The zero-order chi connectivity index (χ0) is 18.1. The van der Waals surface area contributed by atoms with Crippen molar-refractivity contribution in [2.75, 3.05) is 18.0 Å². The van der Waals surface area contributed by atoms with Crippen LogP contribution in [0.5, 0.6) is 0 Å². The quantitative estimate of drug-likeness (QED) is 0.653. The molecule has 1 aliphatic heterocycles. The molecule has 138 valence electrons. The van der Waals surface area contributed by atoms with E-state index in [9.17, 15) is 4.79 Å². The van der Waals surface area contributed by atoms with Crippen molar-refractivity contribution in [3.63, 3.8) is 0 Å². The van der Waals surface area contributed by atoms with Gasteiger partial charge in [0, 0.05) is 31.7 Å². The van der Waals surface area contributed by atoms with Crippen LogP contribution in [-0.4, -0.2) is 24.1 Å². The average Bonchev–Trinajstić information content (AvgIpc) is 3.06. The number of nitrogens with one attached hydrogen (secondary N) is 2. The minimum absolute atomic E-state index is 0.227. The third kappa shape index (κ3) is 6.31. The molecule has 1 saturated heterocycles. The molecule has 0 unspecified atom stereocenters. The van der Waals surface area contributed by atoms with Gasteiger partial charge in [-0.05, 0) is 48.7 Å². The van der Waals surface area contributed by atoms with E-state index in [1.807, 2.05) is 17.0 Å². The number of nitrogens with zero attached hydrogens (tertiary/aromatic N) is 1. The summed E-state index contributed by atoms with van der Waals surface area (Å²) in [5, 5.41) is 7.33. The van der Waals surface area contributed by atoms with Crippen LogP contribution < -0.4 is 15.5 Å². The monoisotopic (exact) mass is 361 g/mol. The zero-order valence-electron chi connectivity index (χ0n) is 15.5. The molecule has 1 heterocycles. The van der Waals surface area contributed by atoms with Gasteiger partial charge in [0.25, 0.3) is 0 Å². The number of carbonyl (C=O) groups is 1. The number of benzene rings is 1. The summed E-state index contributed by atoms with van der Waals surface area (Å²) in [6.07, 6.45) is 6.61. The number of rotatable bonds is 9. The zero-order valence-corrected chi connectivity index (χ0v) is 16.3. The van der Waals surface area contributed by atoms with Crippen LogP contribution in [0.15, 0.2) is 24.3 Å². The van der Waals surface area contributed by atoms with Gasteiger partial charge in [0.1, 0.15) is 0 Å². The number of anilines is 1. The van der Waals surface area contributed by atoms with Crippen LogP contribution >= 0.6 is 12.2 Å². The summed E-state index contributed by atoms with van der Waals surface area (Å²) in [5.74, 6) is 0.918. The number of carbonyl (C=O) groups excluding carboxylic acids is 1. The van der Waals surface area contributed by atoms with Gasteiger partial charge < -0.3 is 15.5 Å². The average molecular weight is 362 g/mol. The standard InChI is InChI=1S/C20H31N3OS/c1-3-5-7-16(4-2)14-21-20(25)22-15-17-9-11-18(12-10-17)23-13-6-8-19(23)24/h9-12,16H,3-8,13-15H2,1-2H3,(H2,21,22,25)/t16-/m1/s1. The van der Waals surface area contributed by atoms with Crippen molar-refractivity contribution in [2.24, 2.45) is 5.92 Å². The second-order valence-corrected chi connectivity index (χ2v) is 7.20. The molecule has 1 atom stereocenters. The van der Waals surface area contributed by atoms with E-state index in [0.29, 0.717) is 24.0 Å². The van der Waals surface area contributed by atoms with E-state index in [1.54, 1.807) is 0 Å². The molecule has 25 heavy (non-hydrogen) atoms. The SMILES string of the molecule is CCCC[C@@H](CC)CNC(=S)NCc1ccc(N2CCCC2=O)cc1. The van der Waals surface area contributed by atoms with Crippen molar-refractivity contribution in [3.05, 3.63) is 29.8 Å². The molecule has 0 bridgehead atoms. The van der Waals surface area contributed by atoms with E-state index in [1.165, 1.54) is 25.7 Å². The van der Waals surface area contributed by atoms with E-state index in [4.69, 9.17) is 12.2 Å². The highest BCUT2D eigenvalue weighted by atomic mass is 32.1. The first-order valence-electron chi connectivity index (χ1n) is 9.55. The fourth-order valence-electron chi connectivity index (χ4n) is 3.14. The Labute approximate surface area is 157 Å². The molecule has 1 aliphatic rings. The van der Waals surface area contributed by atoms with E-state index in [2.05, 4.69) is 36.6 Å². The van der Waals surface area contributed by atoms with Gasteiger partial charge in [0.05, 0.1) is 0 Å². The topological polar surface area (TPSA) is 44.4 Å². The molecule has 0 spiro atoms. The number of unbranched alkanes of at least 4 members (excludes halogenated alkanes) is 1. The third-order valence-corrected chi connectivity index (χ3v) is 5.16. The number of thiocarbonyl (C=S) groups is 1. The molecule has 1 amide bonds. The highest BCUT2D eigenvalue weighted by molar-refractivity contribution is 7.80. The van der Waals surface area contributed by atoms with Crippen LogP contribution in [-0.2, 0) is 11.3 Å². The Hall–Kier alpha value is -1.62. The summed E-state index contributed by atoms with van der Waals surface area (Å²) >= 11 is 5.39. The molecule has 5 heteroatoms. The van der Waals surface area contributed by atoms with Crippen LogP contribution in [0.4, 0.5) is 5.69 Å². The Morgan fingerprint density at radius 3 is 2.60 bits per heavy atom. The molecule has 1 aromatic rings. The maximum absolute atomic E-state index is 11.8. The minimum Gasteiger partial charge on any atom is -0.362 e. The first kappa shape index (κ1) is 19.7. The summed E-state index contributed by atoms with van der Waals surface area (Å²) in [4.78, 5) is 13.6. The first-order chi connectivity index (χ1) is 12.1. The molecular weight excluding hydrogens is 330 g/mol. The Bertz CT molecular complexity index is 559. The van der Waals surface area contributed by atoms with Gasteiger partial charge in [-0.2, -0.15) is 0 Å². The second kappa shape index (κ2) is 10.4. The highest BCUT2D eigenvalue weighted by Gasteiger charge is 2.21. The molecule has 2 rings (SSSR count). The van der Waals surface area contributed by atoms with Crippen molar-refractivity contribution < 1.29 is 4.79 Å². The smallest absolute Gasteiger partial charge is 0.227 e. The molecule has 0 radical (unpaired) electrons. The van der Waals surface area contributed by atoms with E-state index >= 15 is 0 Å². The number of hydrogen-bond acceptors (Lipinski definition) is 2. The Morgan fingerprint density at radius 2 is 2.00 bits per heavy atom. The lowest BCUT2D eigenvalue weighted by Gasteiger charge is -2.18. The van der Waals surface area contributed by atoms with Crippen LogP contribution in [0.25, 0.3) is 0 Å². The van der Waals surface area contributed by atoms with Crippen molar-refractivity contribution >= 4 is 28.9 Å². The highest BCUT2D eigenvalue weighted by Crippen LogP contribution is 2.21. The van der Waals surface area contributed by atoms with E-state index in [-0.39, 0.29) is 5.91 Å². The summed E-state index contributed by atoms with van der Waals surface area (Å²) in [6, 6.07) is 8.17. The van der Waals surface area contributed by atoms with Gasteiger partial charge in [0.2, 0.25) is 5.91 Å². The van der Waals surface area contributed by atoms with Crippen LogP contribution in [0.3, 0.4) is 0 Å². The van der Waals surface area contributed by atoms with Crippen LogP contribution in [0.2, 0.25) is 0 Å². The van der Waals surface area contributed by atoms with Crippen molar-refractivity contribution in [3.8, 4) is 0 Å². The summed E-state index contributed by atoms with van der Waals surface area (Å²) < 4.78 is 0. The number of amides is 1. The fourth-order valence-corrected chi connectivity index (χ4v) is 3.30.